The number of ketones is 1. The highest BCUT2D eigenvalue weighted by atomic mass is 16.6. The molecule has 0 saturated carbocycles. The Labute approximate surface area is 82.2 Å². The second-order valence-corrected chi connectivity index (χ2v) is 3.18. The number of hydrogen-bond acceptors (Lipinski definition) is 4. The van der Waals surface area contributed by atoms with Crippen LogP contribution in [0.4, 0.5) is 0 Å². The molecule has 0 aromatic carbocycles. The van der Waals surface area contributed by atoms with Crippen molar-refractivity contribution in [2.45, 2.75) is 26.9 Å². The zero-order valence-corrected chi connectivity index (χ0v) is 8.42. The van der Waals surface area contributed by atoms with Gasteiger partial charge in [-0.1, -0.05) is 6.58 Å². The molecule has 0 saturated heterocycles. The molecule has 0 bridgehead atoms. The molecule has 0 spiro atoms. The van der Waals surface area contributed by atoms with Gasteiger partial charge in [-0.2, -0.15) is 0 Å². The molecule has 0 fully saturated rings. The van der Waals surface area contributed by atoms with Gasteiger partial charge < -0.3 is 9.47 Å². The van der Waals surface area contributed by atoms with Crippen LogP contribution in [0.3, 0.4) is 0 Å². The van der Waals surface area contributed by atoms with E-state index >= 15 is 0 Å². The van der Waals surface area contributed by atoms with Crippen LogP contribution in [-0.2, 0) is 19.1 Å². The van der Waals surface area contributed by atoms with E-state index in [2.05, 4.69) is 6.58 Å². The Morgan fingerprint density at radius 2 is 2.14 bits per heavy atom. The van der Waals surface area contributed by atoms with E-state index in [9.17, 15) is 9.59 Å². The fraction of sp³-hybridized carbons (Fsp3) is 0.400. The van der Waals surface area contributed by atoms with Gasteiger partial charge >= 0.3 is 5.97 Å². The monoisotopic (exact) mass is 196 g/mol. The zero-order valence-electron chi connectivity index (χ0n) is 8.42. The van der Waals surface area contributed by atoms with Crippen molar-refractivity contribution in [3.05, 3.63) is 23.7 Å². The van der Waals surface area contributed by atoms with Gasteiger partial charge in [-0.05, 0) is 20.8 Å². The molecule has 0 N–H and O–H groups in total. The first-order chi connectivity index (χ1) is 6.43. The number of rotatable bonds is 2. The van der Waals surface area contributed by atoms with Gasteiger partial charge in [-0.3, -0.25) is 4.79 Å². The van der Waals surface area contributed by atoms with Gasteiger partial charge in [-0.15, -0.1) is 0 Å². The average molecular weight is 196 g/mol. The molecule has 1 unspecified atom stereocenters. The van der Waals surface area contributed by atoms with E-state index in [1.54, 1.807) is 13.8 Å². The molecule has 0 aromatic rings. The number of carbonyl (C=O) groups excluding carboxylic acids is 2. The van der Waals surface area contributed by atoms with Crippen molar-refractivity contribution in [1.29, 1.82) is 0 Å². The summed E-state index contributed by atoms with van der Waals surface area (Å²) in [4.78, 5) is 22.5. The van der Waals surface area contributed by atoms with Crippen molar-refractivity contribution in [3.8, 4) is 0 Å². The van der Waals surface area contributed by atoms with E-state index < -0.39 is 12.1 Å². The van der Waals surface area contributed by atoms with Gasteiger partial charge in [0.2, 0.25) is 11.5 Å². The van der Waals surface area contributed by atoms with E-state index in [1.807, 2.05) is 0 Å². The second-order valence-electron chi connectivity index (χ2n) is 3.18. The molecule has 1 aliphatic rings. The molecule has 14 heavy (non-hydrogen) atoms. The summed E-state index contributed by atoms with van der Waals surface area (Å²) in [5.74, 6) is -0.579. The Morgan fingerprint density at radius 3 is 2.50 bits per heavy atom. The summed E-state index contributed by atoms with van der Waals surface area (Å²) in [7, 11) is 0. The number of ether oxygens (including phenoxy) is 2. The maximum Gasteiger partial charge on any atom is 0.338 e. The lowest BCUT2D eigenvalue weighted by atomic mass is 10.2. The fourth-order valence-corrected chi connectivity index (χ4v) is 1.03. The Kier molecular flexibility index (Phi) is 2.74. The first-order valence-electron chi connectivity index (χ1n) is 4.23. The third-order valence-electron chi connectivity index (χ3n) is 1.81. The summed E-state index contributed by atoms with van der Waals surface area (Å²) in [6.07, 6.45) is -0.567. The molecular weight excluding hydrogens is 184 g/mol. The summed E-state index contributed by atoms with van der Waals surface area (Å²) < 4.78 is 9.92. The Morgan fingerprint density at radius 1 is 1.57 bits per heavy atom. The Bertz CT molecular complexity index is 338. The van der Waals surface area contributed by atoms with Crippen molar-refractivity contribution in [1.82, 2.24) is 0 Å². The van der Waals surface area contributed by atoms with Crippen LogP contribution >= 0.6 is 0 Å². The molecule has 0 amide bonds. The largest absolute Gasteiger partial charge is 0.483 e. The van der Waals surface area contributed by atoms with Crippen molar-refractivity contribution >= 4 is 11.8 Å². The molecule has 4 nitrogen and oxygen atoms in total. The minimum atomic E-state index is -0.606. The molecule has 1 heterocycles. The molecule has 0 aliphatic carbocycles. The van der Waals surface area contributed by atoms with Crippen molar-refractivity contribution in [2.75, 3.05) is 0 Å². The zero-order chi connectivity index (χ0) is 10.9. The minimum absolute atomic E-state index is 0.00880. The fourth-order valence-electron chi connectivity index (χ4n) is 1.03. The summed E-state index contributed by atoms with van der Waals surface area (Å²) in [6, 6.07) is 0. The number of allylic oxidation sites excluding steroid dienone is 1. The lowest BCUT2D eigenvalue weighted by Crippen LogP contribution is -2.17. The lowest BCUT2D eigenvalue weighted by Gasteiger charge is -2.02. The first kappa shape index (κ1) is 10.5. The molecule has 4 heteroatoms. The maximum atomic E-state index is 11.4. The van der Waals surface area contributed by atoms with Crippen LogP contribution in [0.2, 0.25) is 0 Å². The van der Waals surface area contributed by atoms with Gasteiger partial charge in [0.05, 0.1) is 0 Å². The van der Waals surface area contributed by atoms with Gasteiger partial charge in [0, 0.05) is 5.57 Å². The van der Waals surface area contributed by atoms with Crippen LogP contribution in [0.1, 0.15) is 20.8 Å². The highest BCUT2D eigenvalue weighted by Gasteiger charge is 2.32. The van der Waals surface area contributed by atoms with Gasteiger partial charge in [0.25, 0.3) is 0 Å². The third-order valence-corrected chi connectivity index (χ3v) is 1.81. The SMILES string of the molecule is C=C(C)C(=O)OC1=C(C)OC(C)C1=O. The van der Waals surface area contributed by atoms with Crippen molar-refractivity contribution in [3.63, 3.8) is 0 Å². The summed E-state index contributed by atoms with van der Waals surface area (Å²) in [6.45, 7) is 8.12. The number of Topliss-reactive ketones (excluding diaryl/α,β-unsaturated/α-hetero) is 1. The highest BCUT2D eigenvalue weighted by Crippen LogP contribution is 2.22. The van der Waals surface area contributed by atoms with Crippen molar-refractivity contribution < 1.29 is 19.1 Å². The van der Waals surface area contributed by atoms with Crippen LogP contribution in [0.25, 0.3) is 0 Å². The maximum absolute atomic E-state index is 11.4. The average Bonchev–Trinajstić information content (AvgIpc) is 2.32. The van der Waals surface area contributed by atoms with Crippen LogP contribution in [0.5, 0.6) is 0 Å². The standard InChI is InChI=1S/C10H12O4/c1-5(2)10(12)14-9-7(4)13-6(3)8(9)11/h6H,1H2,2-4H3. The predicted octanol–water partition coefficient (Wildman–Crippen LogP) is 1.32. The van der Waals surface area contributed by atoms with Gasteiger partial charge in [0.1, 0.15) is 5.76 Å². The summed E-state index contributed by atoms with van der Waals surface area (Å²) >= 11 is 0. The first-order valence-corrected chi connectivity index (χ1v) is 4.23. The van der Waals surface area contributed by atoms with E-state index in [0.29, 0.717) is 5.76 Å². The lowest BCUT2D eigenvalue weighted by molar-refractivity contribution is -0.138. The summed E-state index contributed by atoms with van der Waals surface area (Å²) in [5, 5.41) is 0. The molecule has 0 aromatic heterocycles. The highest BCUT2D eigenvalue weighted by molar-refractivity contribution is 6.02. The van der Waals surface area contributed by atoms with Gasteiger partial charge in [0.15, 0.2) is 6.10 Å². The van der Waals surface area contributed by atoms with E-state index in [-0.39, 0.29) is 17.1 Å². The molecule has 0 radical (unpaired) electrons. The van der Waals surface area contributed by atoms with E-state index in [1.165, 1.54) is 6.92 Å². The topological polar surface area (TPSA) is 52.6 Å². The van der Waals surface area contributed by atoms with Crippen molar-refractivity contribution in [2.24, 2.45) is 0 Å². The van der Waals surface area contributed by atoms with E-state index in [0.717, 1.165) is 0 Å². The van der Waals surface area contributed by atoms with Crippen LogP contribution < -0.4 is 0 Å². The number of esters is 1. The van der Waals surface area contributed by atoms with Crippen LogP contribution in [0.15, 0.2) is 23.7 Å². The smallest absolute Gasteiger partial charge is 0.338 e. The molecule has 1 rings (SSSR count). The summed E-state index contributed by atoms with van der Waals surface area (Å²) in [5.41, 5.74) is 0.248. The number of carbonyl (C=O) groups is 2. The molecule has 1 atom stereocenters. The molecule has 76 valence electrons. The quantitative estimate of drug-likeness (QED) is 0.493. The molecular formula is C10H12O4. The normalized spacial score (nSPS) is 20.8. The van der Waals surface area contributed by atoms with Crippen LogP contribution in [-0.4, -0.2) is 17.9 Å². The third kappa shape index (κ3) is 1.84. The van der Waals surface area contributed by atoms with Crippen LogP contribution in [0, 0.1) is 0 Å². The van der Waals surface area contributed by atoms with Gasteiger partial charge in [-0.25, -0.2) is 4.79 Å². The van der Waals surface area contributed by atoms with E-state index in [4.69, 9.17) is 9.47 Å². The Hall–Kier alpha value is -1.58. The number of hydrogen-bond donors (Lipinski definition) is 0. The molecule has 1 aliphatic heterocycles. The second kappa shape index (κ2) is 3.65. The predicted molar refractivity (Wildman–Crippen MR) is 49.2 cm³/mol. The minimum Gasteiger partial charge on any atom is -0.483 e. The Balaban J connectivity index is 2.79.